The zero-order chi connectivity index (χ0) is 20.2. The molecule has 0 unspecified atom stereocenters. The number of aromatic amines is 1. The van der Waals surface area contributed by atoms with Gasteiger partial charge in [0.15, 0.2) is 5.75 Å². The Morgan fingerprint density at radius 3 is 1.96 bits per heavy atom. The molecule has 0 saturated carbocycles. The van der Waals surface area contributed by atoms with Crippen LogP contribution < -0.4 is 4.18 Å². The second kappa shape index (κ2) is 5.69. The molecule has 0 aliphatic heterocycles. The summed E-state index contributed by atoms with van der Waals surface area (Å²) in [5, 5.41) is -7.13. The Hall–Kier alpha value is -2.12. The highest BCUT2D eigenvalue weighted by molar-refractivity contribution is 7.88. The Bertz CT molecular complexity index is 917. The van der Waals surface area contributed by atoms with Crippen LogP contribution >= 0.6 is 0 Å². The molecular weight excluding hydrogens is 409 g/mol. The van der Waals surface area contributed by atoms with E-state index in [1.807, 2.05) is 0 Å². The number of halogens is 9. The smallest absolute Gasteiger partial charge is 0.377 e. The van der Waals surface area contributed by atoms with E-state index in [-0.39, 0.29) is 10.9 Å². The van der Waals surface area contributed by atoms with Crippen LogP contribution in [0.2, 0.25) is 0 Å². The zero-order valence-corrected chi connectivity index (χ0v) is 12.7. The minimum atomic E-state index is -7.35. The van der Waals surface area contributed by atoms with Gasteiger partial charge in [0.2, 0.25) is 0 Å². The molecule has 26 heavy (non-hydrogen) atoms. The maximum absolute atomic E-state index is 13.6. The Kier molecular flexibility index (Phi) is 4.42. The molecule has 146 valence electrons. The highest BCUT2D eigenvalue weighted by atomic mass is 32.2. The predicted octanol–water partition coefficient (Wildman–Crippen LogP) is 4.30. The van der Waals surface area contributed by atoms with Crippen molar-refractivity contribution in [2.24, 2.45) is 0 Å². The van der Waals surface area contributed by atoms with Gasteiger partial charge in [-0.15, -0.1) is 0 Å². The number of hydrogen-bond acceptors (Lipinski definition) is 3. The van der Waals surface area contributed by atoms with E-state index in [1.165, 1.54) is 12.3 Å². The van der Waals surface area contributed by atoms with Crippen molar-refractivity contribution in [3.05, 3.63) is 30.5 Å². The van der Waals surface area contributed by atoms with Crippen molar-refractivity contribution in [2.45, 2.75) is 23.3 Å². The van der Waals surface area contributed by atoms with Crippen LogP contribution in [0.15, 0.2) is 30.5 Å². The lowest BCUT2D eigenvalue weighted by molar-refractivity contribution is -0.382. The molecule has 1 aromatic carbocycles. The van der Waals surface area contributed by atoms with Gasteiger partial charge in [-0.1, -0.05) is 6.07 Å². The minimum Gasteiger partial charge on any atom is -0.377 e. The first kappa shape index (κ1) is 20.2. The Labute approximate surface area is 138 Å². The van der Waals surface area contributed by atoms with Gasteiger partial charge in [0, 0.05) is 17.1 Å². The van der Waals surface area contributed by atoms with Crippen LogP contribution in [0.5, 0.6) is 5.75 Å². The van der Waals surface area contributed by atoms with Gasteiger partial charge in [0.05, 0.1) is 0 Å². The number of hydrogen-bond donors (Lipinski definition) is 1. The van der Waals surface area contributed by atoms with E-state index in [2.05, 4.69) is 9.17 Å². The summed E-state index contributed by atoms with van der Waals surface area (Å²) in [4.78, 5) is 2.48. The largest absolute Gasteiger partial charge is 0.460 e. The van der Waals surface area contributed by atoms with Crippen molar-refractivity contribution < 1.29 is 52.1 Å². The van der Waals surface area contributed by atoms with Crippen LogP contribution in [0.1, 0.15) is 0 Å². The van der Waals surface area contributed by atoms with Crippen molar-refractivity contribution in [2.75, 3.05) is 0 Å². The molecule has 4 nitrogen and oxygen atoms in total. The summed E-state index contributed by atoms with van der Waals surface area (Å²) in [6.07, 6.45) is -5.97. The second-order valence-electron chi connectivity index (χ2n) is 4.90. The number of aromatic nitrogens is 1. The highest BCUT2D eigenvalue weighted by Crippen LogP contribution is 2.55. The Balaban J connectivity index is 2.51. The number of benzene rings is 1. The van der Waals surface area contributed by atoms with Gasteiger partial charge in [0.25, 0.3) is 0 Å². The summed E-state index contributed by atoms with van der Waals surface area (Å²) in [5.41, 5.74) is 0.0911. The van der Waals surface area contributed by atoms with Crippen LogP contribution in [-0.4, -0.2) is 36.7 Å². The van der Waals surface area contributed by atoms with Gasteiger partial charge in [-0.2, -0.15) is 47.9 Å². The van der Waals surface area contributed by atoms with Crippen molar-refractivity contribution in [3.63, 3.8) is 0 Å². The molecule has 0 saturated heterocycles. The monoisotopic (exact) mass is 415 g/mol. The molecule has 14 heteroatoms. The van der Waals surface area contributed by atoms with Crippen molar-refractivity contribution in [3.8, 4) is 5.75 Å². The third-order valence-electron chi connectivity index (χ3n) is 3.18. The van der Waals surface area contributed by atoms with Crippen molar-refractivity contribution in [1.82, 2.24) is 4.98 Å². The average Bonchev–Trinajstić information content (AvgIpc) is 2.94. The molecule has 0 spiro atoms. The van der Waals surface area contributed by atoms with Gasteiger partial charge in [0.1, 0.15) is 0 Å². The molecule has 0 atom stereocenters. The fourth-order valence-corrected chi connectivity index (χ4v) is 2.75. The SMILES string of the molecule is O=S(=O)(Oc1cccc2[nH]ccc12)C(F)(F)C(F)(F)C(F)(F)C(F)(F)F. The van der Waals surface area contributed by atoms with Crippen LogP contribution in [0.3, 0.4) is 0 Å². The Morgan fingerprint density at radius 1 is 0.846 bits per heavy atom. The lowest BCUT2D eigenvalue weighted by Gasteiger charge is -2.32. The van der Waals surface area contributed by atoms with Crippen molar-refractivity contribution >= 4 is 21.0 Å². The van der Waals surface area contributed by atoms with E-state index in [4.69, 9.17) is 0 Å². The van der Waals surface area contributed by atoms with Gasteiger partial charge < -0.3 is 9.17 Å². The summed E-state index contributed by atoms with van der Waals surface area (Å²) >= 11 is 0. The number of fused-ring (bicyclic) bond motifs is 1. The van der Waals surface area contributed by atoms with E-state index in [9.17, 15) is 47.9 Å². The minimum absolute atomic E-state index is 0.0911. The molecule has 1 aromatic heterocycles. The quantitative estimate of drug-likeness (QED) is 0.585. The summed E-state index contributed by atoms with van der Waals surface area (Å²) in [6, 6.07) is 4.11. The summed E-state index contributed by atoms with van der Waals surface area (Å²) < 4.78 is 142. The average molecular weight is 415 g/mol. The molecule has 0 aliphatic rings. The summed E-state index contributed by atoms with van der Waals surface area (Å²) in [6.45, 7) is 0. The molecule has 0 radical (unpaired) electrons. The second-order valence-corrected chi connectivity index (χ2v) is 6.48. The molecule has 2 rings (SSSR count). The van der Waals surface area contributed by atoms with E-state index < -0.39 is 39.1 Å². The van der Waals surface area contributed by atoms with Gasteiger partial charge in [-0.25, -0.2) is 0 Å². The van der Waals surface area contributed by atoms with E-state index in [0.29, 0.717) is 6.07 Å². The van der Waals surface area contributed by atoms with Crippen LogP contribution in [0.25, 0.3) is 10.9 Å². The topological polar surface area (TPSA) is 59.2 Å². The molecule has 0 aliphatic carbocycles. The lowest BCUT2D eigenvalue weighted by Crippen LogP contribution is -2.63. The molecule has 0 amide bonds. The molecule has 1 N–H and O–H groups in total. The molecule has 2 aromatic rings. The first-order chi connectivity index (χ1) is 11.6. The van der Waals surface area contributed by atoms with Crippen LogP contribution in [-0.2, 0) is 10.1 Å². The predicted molar refractivity (Wildman–Crippen MR) is 68.7 cm³/mol. The van der Waals surface area contributed by atoms with Crippen LogP contribution in [0.4, 0.5) is 39.5 Å². The number of alkyl halides is 9. The fraction of sp³-hybridized carbons (Fsp3) is 0.333. The summed E-state index contributed by atoms with van der Waals surface area (Å²) in [7, 11) is -6.96. The third kappa shape index (κ3) is 2.75. The lowest BCUT2D eigenvalue weighted by atomic mass is 10.1. The molecule has 1 heterocycles. The maximum Gasteiger partial charge on any atom is 0.460 e. The fourth-order valence-electron chi connectivity index (χ4n) is 1.82. The molecule has 0 bridgehead atoms. The normalized spacial score (nSPS) is 14.7. The molecule has 0 fully saturated rings. The highest BCUT2D eigenvalue weighted by Gasteiger charge is 2.86. The maximum atomic E-state index is 13.6. The van der Waals surface area contributed by atoms with Gasteiger partial charge in [-0.3, -0.25) is 0 Å². The zero-order valence-electron chi connectivity index (χ0n) is 11.9. The number of rotatable bonds is 5. The molecular formula is C12H6F9NO3S. The first-order valence-corrected chi connectivity index (χ1v) is 7.67. The third-order valence-corrected chi connectivity index (χ3v) is 4.47. The first-order valence-electron chi connectivity index (χ1n) is 6.26. The van der Waals surface area contributed by atoms with Gasteiger partial charge in [-0.05, 0) is 18.2 Å². The number of nitrogens with one attached hydrogen (secondary N) is 1. The Morgan fingerprint density at radius 2 is 1.42 bits per heavy atom. The number of H-pyrrole nitrogens is 1. The van der Waals surface area contributed by atoms with Crippen LogP contribution in [0, 0.1) is 0 Å². The summed E-state index contributed by atoms with van der Waals surface area (Å²) in [5.74, 6) is -15.7. The van der Waals surface area contributed by atoms with Gasteiger partial charge >= 0.3 is 33.4 Å². The van der Waals surface area contributed by atoms with Crippen molar-refractivity contribution in [1.29, 1.82) is 0 Å². The standard InChI is InChI=1S/C12H6F9NO3S/c13-9(14,11(17,18)19)10(15,16)12(20,21)26(23,24)25-8-3-1-2-7-6(8)4-5-22-7/h1-5,22H. The van der Waals surface area contributed by atoms with E-state index in [1.54, 1.807) is 0 Å². The van der Waals surface area contributed by atoms with E-state index >= 15 is 0 Å². The van der Waals surface area contributed by atoms with E-state index in [0.717, 1.165) is 12.1 Å².